The van der Waals surface area contributed by atoms with Crippen molar-refractivity contribution in [2.24, 2.45) is 11.3 Å². The van der Waals surface area contributed by atoms with E-state index in [4.69, 9.17) is 0 Å². The van der Waals surface area contributed by atoms with E-state index in [-0.39, 0.29) is 23.1 Å². The standard InChI is InChI=1S/C12H19NO2/c1-12(2)7-10(12)13-11(15)9(14)6-5-8-3-4-8/h8,10H,3-7H2,1-2H3,(H,13,15)/t10-/m0/s1. The summed E-state index contributed by atoms with van der Waals surface area (Å²) in [5.41, 5.74) is 0.201. The van der Waals surface area contributed by atoms with Crippen LogP contribution in [0.5, 0.6) is 0 Å². The van der Waals surface area contributed by atoms with Crippen molar-refractivity contribution in [2.45, 2.75) is 52.0 Å². The molecule has 0 aromatic carbocycles. The summed E-state index contributed by atoms with van der Waals surface area (Å²) in [5, 5.41) is 2.80. The maximum Gasteiger partial charge on any atom is 0.287 e. The maximum atomic E-state index is 11.5. The molecule has 0 aromatic heterocycles. The van der Waals surface area contributed by atoms with Gasteiger partial charge in [-0.3, -0.25) is 9.59 Å². The van der Waals surface area contributed by atoms with E-state index in [2.05, 4.69) is 19.2 Å². The van der Waals surface area contributed by atoms with Crippen LogP contribution >= 0.6 is 0 Å². The average molecular weight is 209 g/mol. The monoisotopic (exact) mass is 209 g/mol. The number of nitrogens with one attached hydrogen (secondary N) is 1. The van der Waals surface area contributed by atoms with Crippen LogP contribution in [-0.4, -0.2) is 17.7 Å². The number of Topliss-reactive ketones (excluding diaryl/α,β-unsaturated/α-hetero) is 1. The SMILES string of the molecule is CC1(C)C[C@@H]1NC(=O)C(=O)CCC1CC1. The van der Waals surface area contributed by atoms with E-state index < -0.39 is 0 Å². The molecule has 2 rings (SSSR count). The van der Waals surface area contributed by atoms with Crippen LogP contribution < -0.4 is 5.32 Å². The molecule has 3 heteroatoms. The molecule has 0 unspecified atom stereocenters. The smallest absolute Gasteiger partial charge is 0.287 e. The minimum atomic E-state index is -0.369. The number of carbonyl (C=O) groups is 2. The number of hydrogen-bond donors (Lipinski definition) is 1. The first kappa shape index (κ1) is 10.7. The fraction of sp³-hybridized carbons (Fsp3) is 0.833. The number of amides is 1. The summed E-state index contributed by atoms with van der Waals surface area (Å²) in [7, 11) is 0. The molecule has 0 aliphatic heterocycles. The van der Waals surface area contributed by atoms with Gasteiger partial charge in [-0.2, -0.15) is 0 Å². The van der Waals surface area contributed by atoms with Crippen LogP contribution in [-0.2, 0) is 9.59 Å². The minimum Gasteiger partial charge on any atom is -0.346 e. The second kappa shape index (κ2) is 3.62. The lowest BCUT2D eigenvalue weighted by Gasteiger charge is -2.05. The van der Waals surface area contributed by atoms with Crippen molar-refractivity contribution in [1.82, 2.24) is 5.32 Å². The van der Waals surface area contributed by atoms with Gasteiger partial charge in [-0.05, 0) is 24.2 Å². The Morgan fingerprint density at radius 1 is 1.33 bits per heavy atom. The molecule has 1 atom stereocenters. The molecule has 2 aliphatic carbocycles. The third-order valence-corrected chi connectivity index (χ3v) is 3.55. The Balaban J connectivity index is 1.68. The topological polar surface area (TPSA) is 46.2 Å². The number of carbonyl (C=O) groups excluding carboxylic acids is 2. The molecule has 0 heterocycles. The lowest BCUT2D eigenvalue weighted by atomic mass is 10.1. The zero-order chi connectivity index (χ0) is 11.1. The summed E-state index contributed by atoms with van der Waals surface area (Å²) in [4.78, 5) is 22.9. The van der Waals surface area contributed by atoms with Crippen LogP contribution in [0.2, 0.25) is 0 Å². The molecule has 0 bridgehead atoms. The Kier molecular flexibility index (Phi) is 2.57. The molecule has 1 N–H and O–H groups in total. The van der Waals surface area contributed by atoms with E-state index in [1.807, 2.05) is 0 Å². The highest BCUT2D eigenvalue weighted by Gasteiger charge is 2.47. The van der Waals surface area contributed by atoms with Gasteiger partial charge in [0, 0.05) is 12.5 Å². The van der Waals surface area contributed by atoms with E-state index in [1.54, 1.807) is 0 Å². The minimum absolute atomic E-state index is 0.201. The van der Waals surface area contributed by atoms with Gasteiger partial charge in [0.25, 0.3) is 5.91 Å². The Labute approximate surface area is 90.6 Å². The third-order valence-electron chi connectivity index (χ3n) is 3.55. The lowest BCUT2D eigenvalue weighted by molar-refractivity contribution is -0.138. The third kappa shape index (κ3) is 2.80. The highest BCUT2D eigenvalue weighted by Crippen LogP contribution is 2.44. The zero-order valence-corrected chi connectivity index (χ0v) is 9.51. The maximum absolute atomic E-state index is 11.5. The van der Waals surface area contributed by atoms with Crippen LogP contribution in [0.3, 0.4) is 0 Å². The normalized spacial score (nSPS) is 27.2. The van der Waals surface area contributed by atoms with Crippen molar-refractivity contribution < 1.29 is 9.59 Å². The van der Waals surface area contributed by atoms with Crippen LogP contribution in [0, 0.1) is 11.3 Å². The summed E-state index contributed by atoms with van der Waals surface area (Å²) in [6, 6.07) is 0.217. The van der Waals surface area contributed by atoms with Gasteiger partial charge in [0.2, 0.25) is 5.78 Å². The zero-order valence-electron chi connectivity index (χ0n) is 9.51. The summed E-state index contributed by atoms with van der Waals surface area (Å²) in [5.74, 6) is 0.120. The van der Waals surface area contributed by atoms with Crippen molar-refractivity contribution in [3.05, 3.63) is 0 Å². The van der Waals surface area contributed by atoms with Crippen LogP contribution in [0.1, 0.15) is 46.0 Å². The first-order chi connectivity index (χ1) is 6.99. The first-order valence-corrected chi connectivity index (χ1v) is 5.83. The summed E-state index contributed by atoms with van der Waals surface area (Å²) >= 11 is 0. The van der Waals surface area contributed by atoms with Gasteiger partial charge < -0.3 is 5.32 Å². The highest BCUT2D eigenvalue weighted by molar-refractivity contribution is 6.36. The predicted octanol–water partition coefficient (Wildman–Crippen LogP) is 1.66. The van der Waals surface area contributed by atoms with Crippen molar-refractivity contribution in [1.29, 1.82) is 0 Å². The number of ketones is 1. The van der Waals surface area contributed by atoms with Gasteiger partial charge in [-0.25, -0.2) is 0 Å². The van der Waals surface area contributed by atoms with Gasteiger partial charge in [0.15, 0.2) is 0 Å². The molecule has 2 fully saturated rings. The van der Waals surface area contributed by atoms with Crippen molar-refractivity contribution in [3.63, 3.8) is 0 Å². The molecule has 2 aliphatic rings. The van der Waals surface area contributed by atoms with Crippen molar-refractivity contribution in [3.8, 4) is 0 Å². The van der Waals surface area contributed by atoms with E-state index >= 15 is 0 Å². The summed E-state index contributed by atoms with van der Waals surface area (Å²) in [6.45, 7) is 4.21. The number of hydrogen-bond acceptors (Lipinski definition) is 2. The summed E-state index contributed by atoms with van der Waals surface area (Å²) < 4.78 is 0. The van der Waals surface area contributed by atoms with Crippen LogP contribution in [0.15, 0.2) is 0 Å². The molecular formula is C12H19NO2. The Bertz CT molecular complexity index is 292. The molecule has 0 saturated heterocycles. The number of rotatable bonds is 5. The van der Waals surface area contributed by atoms with Crippen molar-refractivity contribution in [2.75, 3.05) is 0 Å². The van der Waals surface area contributed by atoms with Crippen LogP contribution in [0.25, 0.3) is 0 Å². The molecule has 84 valence electrons. The fourth-order valence-corrected chi connectivity index (χ4v) is 1.81. The Morgan fingerprint density at radius 2 is 1.93 bits per heavy atom. The van der Waals surface area contributed by atoms with Crippen molar-refractivity contribution >= 4 is 11.7 Å². The van der Waals surface area contributed by atoms with Gasteiger partial charge in [-0.15, -0.1) is 0 Å². The predicted molar refractivity (Wildman–Crippen MR) is 57.3 cm³/mol. The molecule has 0 aromatic rings. The molecule has 15 heavy (non-hydrogen) atoms. The Hall–Kier alpha value is -0.860. The molecule has 0 radical (unpaired) electrons. The van der Waals surface area contributed by atoms with Gasteiger partial charge in [-0.1, -0.05) is 26.7 Å². The fourth-order valence-electron chi connectivity index (χ4n) is 1.81. The Morgan fingerprint density at radius 3 is 2.40 bits per heavy atom. The van der Waals surface area contributed by atoms with Crippen LogP contribution in [0.4, 0.5) is 0 Å². The summed E-state index contributed by atoms with van der Waals surface area (Å²) in [6.07, 6.45) is 4.81. The molecular weight excluding hydrogens is 190 g/mol. The second-order valence-corrected chi connectivity index (χ2v) is 5.62. The van der Waals surface area contributed by atoms with E-state index in [9.17, 15) is 9.59 Å². The molecule has 3 nitrogen and oxygen atoms in total. The molecule has 1 amide bonds. The van der Waals surface area contributed by atoms with E-state index in [0.29, 0.717) is 6.42 Å². The largest absolute Gasteiger partial charge is 0.346 e. The quantitative estimate of drug-likeness (QED) is 0.700. The van der Waals surface area contributed by atoms with E-state index in [1.165, 1.54) is 12.8 Å². The molecule has 2 saturated carbocycles. The lowest BCUT2D eigenvalue weighted by Crippen LogP contribution is -2.34. The first-order valence-electron chi connectivity index (χ1n) is 5.83. The van der Waals surface area contributed by atoms with Gasteiger partial charge >= 0.3 is 0 Å². The second-order valence-electron chi connectivity index (χ2n) is 5.62. The average Bonchev–Trinajstić information content (AvgIpc) is 3.02. The molecule has 0 spiro atoms. The van der Waals surface area contributed by atoms with Gasteiger partial charge in [0.1, 0.15) is 0 Å². The van der Waals surface area contributed by atoms with Gasteiger partial charge in [0.05, 0.1) is 0 Å². The van der Waals surface area contributed by atoms with E-state index in [0.717, 1.165) is 18.8 Å². The highest BCUT2D eigenvalue weighted by atomic mass is 16.2.